The van der Waals surface area contributed by atoms with Crippen LogP contribution in [-0.4, -0.2) is 46.0 Å². The number of carbonyl (C=O) groups is 1. The van der Waals surface area contributed by atoms with E-state index >= 15 is 0 Å². The predicted octanol–water partition coefficient (Wildman–Crippen LogP) is 2.79. The summed E-state index contributed by atoms with van der Waals surface area (Å²) in [7, 11) is -0.572. The lowest BCUT2D eigenvalue weighted by Gasteiger charge is -2.19. The molecule has 1 amide bonds. The molecule has 25 heavy (non-hydrogen) atoms. The molecule has 6 nitrogen and oxygen atoms in total. The SMILES string of the molecule is CCCCN(C)C(=O)c1ccc(OC)c(S(=O)(=O)NC2CCCC2)c1. The molecule has 7 heteroatoms. The van der Waals surface area contributed by atoms with Gasteiger partial charge in [0.2, 0.25) is 10.0 Å². The molecular weight excluding hydrogens is 340 g/mol. The molecule has 0 atom stereocenters. The van der Waals surface area contributed by atoms with Gasteiger partial charge >= 0.3 is 0 Å². The maximum Gasteiger partial charge on any atom is 0.253 e. The Hall–Kier alpha value is -1.60. The van der Waals surface area contributed by atoms with Gasteiger partial charge in [-0.15, -0.1) is 0 Å². The first-order chi connectivity index (χ1) is 11.9. The fourth-order valence-corrected chi connectivity index (χ4v) is 4.56. The molecule has 2 rings (SSSR count). The van der Waals surface area contributed by atoms with E-state index in [1.165, 1.54) is 13.2 Å². The number of ether oxygens (including phenoxy) is 1. The Morgan fingerprint density at radius 2 is 2.00 bits per heavy atom. The molecule has 0 bridgehead atoms. The van der Waals surface area contributed by atoms with Crippen molar-refractivity contribution in [3.8, 4) is 5.75 Å². The van der Waals surface area contributed by atoms with Crippen molar-refractivity contribution in [2.24, 2.45) is 0 Å². The van der Waals surface area contributed by atoms with Crippen LogP contribution in [0.3, 0.4) is 0 Å². The van der Waals surface area contributed by atoms with E-state index < -0.39 is 10.0 Å². The van der Waals surface area contributed by atoms with Crippen molar-refractivity contribution in [2.45, 2.75) is 56.4 Å². The van der Waals surface area contributed by atoms with Crippen LogP contribution in [0.4, 0.5) is 0 Å². The van der Waals surface area contributed by atoms with Crippen LogP contribution in [0.2, 0.25) is 0 Å². The van der Waals surface area contributed by atoms with Crippen LogP contribution in [0.1, 0.15) is 55.8 Å². The number of carbonyl (C=O) groups excluding carboxylic acids is 1. The van der Waals surface area contributed by atoms with Gasteiger partial charge in [-0.2, -0.15) is 0 Å². The summed E-state index contributed by atoms with van der Waals surface area (Å²) in [6, 6.07) is 4.53. The van der Waals surface area contributed by atoms with Gasteiger partial charge in [-0.25, -0.2) is 13.1 Å². The highest BCUT2D eigenvalue weighted by atomic mass is 32.2. The minimum absolute atomic E-state index is 0.0247. The van der Waals surface area contributed by atoms with E-state index in [-0.39, 0.29) is 22.6 Å². The van der Waals surface area contributed by atoms with Crippen LogP contribution in [0.25, 0.3) is 0 Å². The van der Waals surface area contributed by atoms with Gasteiger partial charge in [0.05, 0.1) is 7.11 Å². The Kier molecular flexibility index (Phi) is 6.84. The van der Waals surface area contributed by atoms with Crippen molar-refractivity contribution in [3.05, 3.63) is 23.8 Å². The van der Waals surface area contributed by atoms with Crippen molar-refractivity contribution in [1.82, 2.24) is 9.62 Å². The highest BCUT2D eigenvalue weighted by molar-refractivity contribution is 7.89. The lowest BCUT2D eigenvalue weighted by molar-refractivity contribution is 0.0793. The topological polar surface area (TPSA) is 75.7 Å². The van der Waals surface area contributed by atoms with Crippen LogP contribution in [0, 0.1) is 0 Å². The molecule has 0 unspecified atom stereocenters. The maximum absolute atomic E-state index is 12.8. The third-order valence-electron chi connectivity index (χ3n) is 4.57. The van der Waals surface area contributed by atoms with Crippen molar-refractivity contribution in [1.29, 1.82) is 0 Å². The number of hydrogen-bond acceptors (Lipinski definition) is 4. The smallest absolute Gasteiger partial charge is 0.253 e. The van der Waals surface area contributed by atoms with Gasteiger partial charge in [-0.05, 0) is 37.5 Å². The van der Waals surface area contributed by atoms with Gasteiger partial charge < -0.3 is 9.64 Å². The zero-order valence-corrected chi connectivity index (χ0v) is 16.1. The normalized spacial score (nSPS) is 15.3. The number of amides is 1. The first-order valence-electron chi connectivity index (χ1n) is 8.85. The molecule has 0 spiro atoms. The summed E-state index contributed by atoms with van der Waals surface area (Å²) in [5, 5.41) is 0. The Bertz CT molecular complexity index is 697. The molecule has 140 valence electrons. The summed E-state index contributed by atoms with van der Waals surface area (Å²) < 4.78 is 33.5. The summed E-state index contributed by atoms with van der Waals surface area (Å²) >= 11 is 0. The summed E-state index contributed by atoms with van der Waals surface area (Å²) in [5.41, 5.74) is 0.353. The van der Waals surface area contributed by atoms with Crippen LogP contribution < -0.4 is 9.46 Å². The van der Waals surface area contributed by atoms with Crippen molar-refractivity contribution in [2.75, 3.05) is 20.7 Å². The zero-order chi connectivity index (χ0) is 18.4. The molecule has 1 N–H and O–H groups in total. The first kappa shape index (κ1) is 19.7. The molecule has 1 aliphatic rings. The largest absolute Gasteiger partial charge is 0.495 e. The standard InChI is InChI=1S/C18H28N2O4S/c1-4-5-12-20(2)18(21)14-10-11-16(24-3)17(13-14)25(22,23)19-15-8-6-7-9-15/h10-11,13,15,19H,4-9,12H2,1-3H3. The third kappa shape index (κ3) is 4.95. The summed E-state index contributed by atoms with van der Waals surface area (Å²) in [6.07, 6.45) is 5.66. The predicted molar refractivity (Wildman–Crippen MR) is 97.4 cm³/mol. The molecule has 1 aliphatic carbocycles. The van der Waals surface area contributed by atoms with Gasteiger partial charge in [0, 0.05) is 25.2 Å². The molecule has 0 saturated heterocycles. The van der Waals surface area contributed by atoms with E-state index in [2.05, 4.69) is 11.6 Å². The second-order valence-electron chi connectivity index (χ2n) is 6.55. The Morgan fingerprint density at radius 1 is 1.32 bits per heavy atom. The minimum atomic E-state index is -3.73. The van der Waals surface area contributed by atoms with Crippen LogP contribution in [0.5, 0.6) is 5.75 Å². The molecule has 0 heterocycles. The second kappa shape index (κ2) is 8.67. The number of nitrogens with zero attached hydrogens (tertiary/aromatic N) is 1. The van der Waals surface area contributed by atoms with Gasteiger partial charge in [-0.1, -0.05) is 26.2 Å². The van der Waals surface area contributed by atoms with Crippen molar-refractivity contribution in [3.63, 3.8) is 0 Å². The number of rotatable bonds is 8. The number of unbranched alkanes of at least 4 members (excludes halogenated alkanes) is 1. The molecule has 1 aromatic rings. The van der Waals surface area contributed by atoms with Crippen molar-refractivity contribution < 1.29 is 17.9 Å². The highest BCUT2D eigenvalue weighted by Crippen LogP contribution is 2.27. The van der Waals surface area contributed by atoms with E-state index in [1.807, 2.05) is 0 Å². The number of nitrogens with one attached hydrogen (secondary N) is 1. The van der Waals surface area contributed by atoms with Crippen LogP contribution in [0.15, 0.2) is 23.1 Å². The molecule has 0 aliphatic heterocycles. The lowest BCUT2D eigenvalue weighted by Crippen LogP contribution is -2.33. The number of sulfonamides is 1. The lowest BCUT2D eigenvalue weighted by atomic mass is 10.2. The summed E-state index contributed by atoms with van der Waals surface area (Å²) in [5.74, 6) is 0.0617. The van der Waals surface area contributed by atoms with E-state index in [0.717, 1.165) is 38.5 Å². The number of benzene rings is 1. The average molecular weight is 368 g/mol. The molecular formula is C18H28N2O4S. The quantitative estimate of drug-likeness (QED) is 0.765. The Balaban J connectivity index is 2.28. The zero-order valence-electron chi connectivity index (χ0n) is 15.2. The molecule has 0 radical (unpaired) electrons. The summed E-state index contributed by atoms with van der Waals surface area (Å²) in [4.78, 5) is 14.2. The van der Waals surface area contributed by atoms with Crippen LogP contribution in [-0.2, 0) is 10.0 Å². The summed E-state index contributed by atoms with van der Waals surface area (Å²) in [6.45, 7) is 2.70. The second-order valence-corrected chi connectivity index (χ2v) is 8.23. The highest BCUT2D eigenvalue weighted by Gasteiger charge is 2.27. The van der Waals surface area contributed by atoms with E-state index in [0.29, 0.717) is 12.1 Å². The number of hydrogen-bond donors (Lipinski definition) is 1. The fourth-order valence-electron chi connectivity index (χ4n) is 3.06. The van der Waals surface area contributed by atoms with E-state index in [1.54, 1.807) is 24.1 Å². The number of methoxy groups -OCH3 is 1. The average Bonchev–Trinajstić information content (AvgIpc) is 3.10. The van der Waals surface area contributed by atoms with E-state index in [4.69, 9.17) is 4.74 Å². The molecule has 0 aromatic heterocycles. The Labute approximate surface area is 150 Å². The van der Waals surface area contributed by atoms with Gasteiger partial charge in [0.1, 0.15) is 10.6 Å². The monoisotopic (exact) mass is 368 g/mol. The van der Waals surface area contributed by atoms with Crippen LogP contribution >= 0.6 is 0 Å². The van der Waals surface area contributed by atoms with Gasteiger partial charge in [-0.3, -0.25) is 4.79 Å². The maximum atomic E-state index is 12.8. The Morgan fingerprint density at radius 3 is 2.60 bits per heavy atom. The van der Waals surface area contributed by atoms with Gasteiger partial charge in [0.15, 0.2) is 0 Å². The van der Waals surface area contributed by atoms with E-state index in [9.17, 15) is 13.2 Å². The molecule has 1 fully saturated rings. The van der Waals surface area contributed by atoms with Crippen molar-refractivity contribution >= 4 is 15.9 Å². The van der Waals surface area contributed by atoms with Gasteiger partial charge in [0.25, 0.3) is 5.91 Å². The fraction of sp³-hybridized carbons (Fsp3) is 0.611. The minimum Gasteiger partial charge on any atom is -0.495 e. The first-order valence-corrected chi connectivity index (χ1v) is 10.3. The molecule has 1 saturated carbocycles. The molecule has 1 aromatic carbocycles. The third-order valence-corrected chi connectivity index (χ3v) is 6.11.